The summed E-state index contributed by atoms with van der Waals surface area (Å²) < 4.78 is 0. The van der Waals surface area contributed by atoms with E-state index in [4.69, 9.17) is 18.0 Å². The monoisotopic (exact) mass is 307 g/mol. The quantitative estimate of drug-likeness (QED) is 0.469. The van der Waals surface area contributed by atoms with Gasteiger partial charge in [0.25, 0.3) is 6.04 Å². The van der Waals surface area contributed by atoms with Gasteiger partial charge in [-0.1, -0.05) is 12.1 Å². The molecule has 9 heteroatoms. The number of carbonyl (C=O) groups excluding carboxylic acids is 1. The summed E-state index contributed by atoms with van der Waals surface area (Å²) in [6, 6.07) is 5.73. The predicted octanol–water partition coefficient (Wildman–Crippen LogP) is 0.236. The molecule has 1 amide bonds. The van der Waals surface area contributed by atoms with Gasteiger partial charge >= 0.3 is 5.91 Å². The zero-order valence-electron chi connectivity index (χ0n) is 11.1. The fraction of sp³-hybridized carbons (Fsp3) is 0.250. The molecular weight excluding hydrogens is 294 g/mol. The van der Waals surface area contributed by atoms with Gasteiger partial charge in [0.15, 0.2) is 5.11 Å². The van der Waals surface area contributed by atoms with Crippen LogP contribution in [0.5, 0.6) is 0 Å². The second-order valence-electron chi connectivity index (χ2n) is 4.48. The number of rotatable bonds is 3. The van der Waals surface area contributed by atoms with Gasteiger partial charge in [0.05, 0.1) is 12.1 Å². The van der Waals surface area contributed by atoms with Crippen LogP contribution in [0.4, 0.5) is 5.69 Å². The van der Waals surface area contributed by atoms with Gasteiger partial charge in [-0.05, 0) is 29.9 Å². The molecule has 0 saturated heterocycles. The average Bonchev–Trinajstić information content (AvgIpc) is 2.46. The fourth-order valence-corrected chi connectivity index (χ4v) is 1.98. The van der Waals surface area contributed by atoms with E-state index in [0.717, 1.165) is 5.69 Å². The van der Waals surface area contributed by atoms with Crippen LogP contribution >= 0.6 is 12.2 Å². The fourth-order valence-electron chi connectivity index (χ4n) is 1.88. The van der Waals surface area contributed by atoms with Crippen molar-refractivity contribution in [3.05, 3.63) is 39.9 Å². The van der Waals surface area contributed by atoms with Crippen LogP contribution in [0.3, 0.4) is 0 Å². The molecule has 1 aliphatic rings. The molecule has 3 N–H and O–H groups in total. The summed E-state index contributed by atoms with van der Waals surface area (Å²) in [5.41, 5.74) is 9.65. The lowest BCUT2D eigenvalue weighted by Crippen LogP contribution is -2.43. The maximum atomic E-state index is 11.3. The summed E-state index contributed by atoms with van der Waals surface area (Å²) in [4.78, 5) is 23.2. The Labute approximate surface area is 125 Å². The SMILES string of the molecule is CN(C(N)=S)c1ccc(C2=NNC(=O)C([N+](=O)[O-])C2)cc1. The number of hydrogen-bond donors (Lipinski definition) is 2. The van der Waals surface area contributed by atoms with Crippen LogP contribution in [-0.4, -0.2) is 34.7 Å². The minimum absolute atomic E-state index is 0.0384. The van der Waals surface area contributed by atoms with E-state index in [1.165, 1.54) is 0 Å². The van der Waals surface area contributed by atoms with E-state index in [1.54, 1.807) is 36.2 Å². The third-order valence-electron chi connectivity index (χ3n) is 3.16. The Kier molecular flexibility index (Phi) is 4.13. The first-order chi connectivity index (χ1) is 9.90. The molecule has 0 aliphatic carbocycles. The van der Waals surface area contributed by atoms with Gasteiger partial charge in [0, 0.05) is 17.7 Å². The molecule has 1 atom stereocenters. The number of anilines is 1. The maximum Gasteiger partial charge on any atom is 0.315 e. The van der Waals surface area contributed by atoms with Crippen molar-refractivity contribution < 1.29 is 9.72 Å². The normalized spacial score (nSPS) is 17.7. The van der Waals surface area contributed by atoms with Gasteiger partial charge in [-0.25, -0.2) is 5.43 Å². The van der Waals surface area contributed by atoms with Crippen molar-refractivity contribution in [2.24, 2.45) is 10.8 Å². The van der Waals surface area contributed by atoms with Gasteiger partial charge in [0.2, 0.25) is 0 Å². The molecule has 1 unspecified atom stereocenters. The summed E-state index contributed by atoms with van der Waals surface area (Å²) in [5.74, 6) is -0.700. The van der Waals surface area contributed by atoms with Crippen molar-refractivity contribution in [3.63, 3.8) is 0 Å². The molecule has 0 fully saturated rings. The van der Waals surface area contributed by atoms with Crippen molar-refractivity contribution >= 4 is 34.6 Å². The lowest BCUT2D eigenvalue weighted by molar-refractivity contribution is -0.506. The Morgan fingerprint density at radius 1 is 1.52 bits per heavy atom. The van der Waals surface area contributed by atoms with Crippen LogP contribution < -0.4 is 16.1 Å². The van der Waals surface area contributed by atoms with Crippen molar-refractivity contribution in [1.29, 1.82) is 0 Å². The number of nitrogens with zero attached hydrogens (tertiary/aromatic N) is 3. The molecule has 8 nitrogen and oxygen atoms in total. The summed E-state index contributed by atoms with van der Waals surface area (Å²) in [5, 5.41) is 14.9. The molecule has 1 aromatic carbocycles. The zero-order valence-corrected chi connectivity index (χ0v) is 12.0. The standard InChI is InChI=1S/C12H13N5O3S/c1-16(12(13)21)8-4-2-7(3-5-8)9-6-10(17(19)20)11(18)15-14-9/h2-5,10H,6H2,1H3,(H2,13,21)(H,15,18). The number of nitro groups is 1. The first kappa shape index (κ1) is 14.9. The minimum Gasteiger partial charge on any atom is -0.376 e. The number of nitrogens with one attached hydrogen (secondary N) is 1. The van der Waals surface area contributed by atoms with E-state index in [0.29, 0.717) is 11.3 Å². The van der Waals surface area contributed by atoms with Crippen LogP contribution in [0.2, 0.25) is 0 Å². The number of benzene rings is 1. The summed E-state index contributed by atoms with van der Waals surface area (Å²) in [7, 11) is 1.73. The van der Waals surface area contributed by atoms with Crippen LogP contribution in [0.25, 0.3) is 0 Å². The molecule has 0 saturated carbocycles. The summed E-state index contributed by atoms with van der Waals surface area (Å²) in [6.45, 7) is 0. The number of hydrazone groups is 1. The number of carbonyl (C=O) groups is 1. The van der Waals surface area contributed by atoms with E-state index in [9.17, 15) is 14.9 Å². The minimum atomic E-state index is -1.31. The van der Waals surface area contributed by atoms with E-state index in [1.807, 2.05) is 0 Å². The molecule has 0 radical (unpaired) electrons. The molecule has 110 valence electrons. The van der Waals surface area contributed by atoms with Gasteiger partial charge in [0.1, 0.15) is 0 Å². The Hall–Kier alpha value is -2.55. The maximum absolute atomic E-state index is 11.3. The third-order valence-corrected chi connectivity index (χ3v) is 3.44. The van der Waals surface area contributed by atoms with Crippen LogP contribution in [0.15, 0.2) is 29.4 Å². The molecule has 0 aromatic heterocycles. The van der Waals surface area contributed by atoms with Crippen molar-refractivity contribution in [1.82, 2.24) is 5.43 Å². The number of hydrogen-bond acceptors (Lipinski definition) is 5. The first-order valence-electron chi connectivity index (χ1n) is 6.03. The largest absolute Gasteiger partial charge is 0.376 e. The van der Waals surface area contributed by atoms with Gasteiger partial charge in [-0.15, -0.1) is 0 Å². The van der Waals surface area contributed by atoms with E-state index in [2.05, 4.69) is 10.5 Å². The first-order valence-corrected chi connectivity index (χ1v) is 6.44. The summed E-state index contributed by atoms with van der Waals surface area (Å²) >= 11 is 4.87. The lowest BCUT2D eigenvalue weighted by Gasteiger charge is -2.18. The third kappa shape index (κ3) is 3.14. The van der Waals surface area contributed by atoms with Crippen LogP contribution in [0, 0.1) is 10.1 Å². The molecular formula is C12H13N5O3S. The zero-order chi connectivity index (χ0) is 15.6. The number of nitrogens with two attached hydrogens (primary N) is 1. The predicted molar refractivity (Wildman–Crippen MR) is 81.7 cm³/mol. The van der Waals surface area contributed by atoms with Crippen molar-refractivity contribution in [3.8, 4) is 0 Å². The molecule has 1 heterocycles. The van der Waals surface area contributed by atoms with Gasteiger partial charge < -0.3 is 10.6 Å². The highest BCUT2D eigenvalue weighted by atomic mass is 32.1. The Morgan fingerprint density at radius 2 is 2.14 bits per heavy atom. The van der Waals surface area contributed by atoms with Crippen LogP contribution in [-0.2, 0) is 4.79 Å². The topological polar surface area (TPSA) is 114 Å². The molecule has 0 spiro atoms. The van der Waals surface area contributed by atoms with Gasteiger partial charge in [-0.3, -0.25) is 14.9 Å². The molecule has 2 rings (SSSR count). The van der Waals surface area contributed by atoms with Crippen molar-refractivity contribution in [2.75, 3.05) is 11.9 Å². The van der Waals surface area contributed by atoms with Gasteiger partial charge in [-0.2, -0.15) is 5.10 Å². The Morgan fingerprint density at radius 3 is 2.67 bits per heavy atom. The second kappa shape index (κ2) is 5.83. The highest BCUT2D eigenvalue weighted by Crippen LogP contribution is 2.17. The number of thiocarbonyl (C=S) groups is 1. The second-order valence-corrected chi connectivity index (χ2v) is 4.90. The summed E-state index contributed by atoms with van der Waals surface area (Å²) in [6.07, 6.45) is -0.0384. The Bertz CT molecular complexity index is 628. The highest BCUT2D eigenvalue weighted by Gasteiger charge is 2.35. The molecule has 1 aliphatic heterocycles. The van der Waals surface area contributed by atoms with Crippen molar-refractivity contribution in [2.45, 2.75) is 12.5 Å². The van der Waals surface area contributed by atoms with Crippen LogP contribution in [0.1, 0.15) is 12.0 Å². The smallest absolute Gasteiger partial charge is 0.315 e. The molecule has 1 aromatic rings. The van der Waals surface area contributed by atoms with E-state index < -0.39 is 16.9 Å². The Balaban J connectivity index is 2.21. The van der Waals surface area contributed by atoms with E-state index in [-0.39, 0.29) is 11.5 Å². The average molecular weight is 307 g/mol. The molecule has 0 bridgehead atoms. The number of amides is 1. The lowest BCUT2D eigenvalue weighted by atomic mass is 10.0. The highest BCUT2D eigenvalue weighted by molar-refractivity contribution is 7.80. The molecule has 21 heavy (non-hydrogen) atoms. The van der Waals surface area contributed by atoms with E-state index >= 15 is 0 Å².